The molecule has 0 aliphatic carbocycles. The summed E-state index contributed by atoms with van der Waals surface area (Å²) in [6, 6.07) is 9.12. The number of ether oxygens (including phenoxy) is 1. The van der Waals surface area contributed by atoms with E-state index in [9.17, 15) is 14.9 Å². The molecule has 0 aliphatic rings. The van der Waals surface area contributed by atoms with Gasteiger partial charge in [-0.3, -0.25) is 15.0 Å². The Morgan fingerprint density at radius 2 is 2.08 bits per heavy atom. The predicted molar refractivity (Wildman–Crippen MR) is 82.2 cm³/mol. The van der Waals surface area contributed by atoms with Gasteiger partial charge in [-0.2, -0.15) is 4.73 Å². The number of non-ortho nitro benzene ring substituents is 1. The van der Waals surface area contributed by atoms with Crippen LogP contribution in [0.5, 0.6) is 11.5 Å². The lowest BCUT2D eigenvalue weighted by Gasteiger charge is -2.08. The van der Waals surface area contributed by atoms with Gasteiger partial charge in [-0.15, -0.1) is 0 Å². The molecule has 24 heavy (non-hydrogen) atoms. The number of aryl methyl sites for hydroxylation is 1. The molecule has 9 nitrogen and oxygen atoms in total. The molecule has 122 valence electrons. The van der Waals surface area contributed by atoms with Gasteiger partial charge in [0.1, 0.15) is 23.3 Å². The summed E-state index contributed by atoms with van der Waals surface area (Å²) in [5.74, 6) is 0.932. The molecule has 3 rings (SSSR count). The third kappa shape index (κ3) is 2.95. The summed E-state index contributed by atoms with van der Waals surface area (Å²) in [6.45, 7) is 1.70. The Morgan fingerprint density at radius 3 is 2.75 bits per heavy atom. The van der Waals surface area contributed by atoms with Crippen molar-refractivity contribution in [1.82, 2.24) is 9.71 Å². The van der Waals surface area contributed by atoms with Gasteiger partial charge < -0.3 is 9.84 Å². The van der Waals surface area contributed by atoms with Crippen LogP contribution in [0.25, 0.3) is 11.0 Å². The third-order valence-corrected chi connectivity index (χ3v) is 3.26. The van der Waals surface area contributed by atoms with Crippen molar-refractivity contribution in [2.24, 2.45) is 0 Å². The van der Waals surface area contributed by atoms with Gasteiger partial charge in [-0.05, 0) is 30.7 Å². The van der Waals surface area contributed by atoms with Crippen LogP contribution >= 0.6 is 0 Å². The van der Waals surface area contributed by atoms with Crippen LogP contribution in [0.2, 0.25) is 0 Å². The highest BCUT2D eigenvalue weighted by molar-refractivity contribution is 5.77. The van der Waals surface area contributed by atoms with Gasteiger partial charge in [-0.25, -0.2) is 9.78 Å². The molecule has 0 fully saturated rings. The van der Waals surface area contributed by atoms with Crippen molar-refractivity contribution < 1.29 is 24.4 Å². The first-order valence-electron chi connectivity index (χ1n) is 6.75. The number of nitrogens with zero attached hydrogens (tertiary/aromatic N) is 3. The molecular weight excluding hydrogens is 318 g/mol. The van der Waals surface area contributed by atoms with Crippen LogP contribution in [0.3, 0.4) is 0 Å². The fourth-order valence-electron chi connectivity index (χ4n) is 2.18. The van der Waals surface area contributed by atoms with E-state index in [0.29, 0.717) is 28.1 Å². The number of aromatic nitrogens is 2. The van der Waals surface area contributed by atoms with E-state index in [1.165, 1.54) is 24.5 Å². The molecule has 1 N–H and O–H groups in total. The van der Waals surface area contributed by atoms with Gasteiger partial charge in [0.15, 0.2) is 0 Å². The maximum Gasteiger partial charge on any atom is 0.531 e. The second-order valence-electron chi connectivity index (χ2n) is 4.89. The SMILES string of the molecule is Cc1cc([N+](=O)[O-])ccc1Oc1ccc2c(c1)ncn2OC(=O)O. The summed E-state index contributed by atoms with van der Waals surface area (Å²) < 4.78 is 6.74. The Morgan fingerprint density at radius 1 is 1.29 bits per heavy atom. The first kappa shape index (κ1) is 15.3. The number of nitro groups is 1. The summed E-state index contributed by atoms with van der Waals surface area (Å²) >= 11 is 0. The lowest BCUT2D eigenvalue weighted by molar-refractivity contribution is -0.384. The van der Waals surface area contributed by atoms with Gasteiger partial charge in [0.25, 0.3) is 5.69 Å². The number of imidazole rings is 1. The first-order chi connectivity index (χ1) is 11.4. The molecule has 1 heterocycles. The van der Waals surface area contributed by atoms with Crippen LogP contribution in [0.1, 0.15) is 5.56 Å². The summed E-state index contributed by atoms with van der Waals surface area (Å²) in [4.78, 5) is 29.4. The predicted octanol–water partition coefficient (Wildman–Crippen LogP) is 3.15. The number of benzene rings is 2. The normalized spacial score (nSPS) is 10.5. The fourth-order valence-corrected chi connectivity index (χ4v) is 2.18. The maximum atomic E-state index is 10.7. The summed E-state index contributed by atoms with van der Waals surface area (Å²) in [6.07, 6.45) is -0.212. The van der Waals surface area contributed by atoms with E-state index < -0.39 is 11.1 Å². The van der Waals surface area contributed by atoms with Gasteiger partial charge in [0.05, 0.1) is 10.4 Å². The molecule has 1 aromatic heterocycles. The van der Waals surface area contributed by atoms with Crippen molar-refractivity contribution in [3.05, 3.63) is 58.4 Å². The number of carbonyl (C=O) groups is 1. The molecule has 0 unspecified atom stereocenters. The zero-order chi connectivity index (χ0) is 17.3. The van der Waals surface area contributed by atoms with Crippen LogP contribution in [-0.2, 0) is 0 Å². The molecule has 3 aromatic rings. The highest BCUT2D eigenvalue weighted by Gasteiger charge is 2.11. The molecule has 0 radical (unpaired) electrons. The molecule has 0 saturated heterocycles. The van der Waals surface area contributed by atoms with Gasteiger partial charge in [0.2, 0.25) is 0 Å². The molecule has 0 atom stereocenters. The van der Waals surface area contributed by atoms with Gasteiger partial charge in [-0.1, -0.05) is 0 Å². The average Bonchev–Trinajstić information content (AvgIpc) is 2.91. The van der Waals surface area contributed by atoms with E-state index in [4.69, 9.17) is 9.84 Å². The quantitative estimate of drug-likeness (QED) is 0.577. The largest absolute Gasteiger partial charge is 0.531 e. The van der Waals surface area contributed by atoms with Gasteiger partial charge >= 0.3 is 6.16 Å². The van der Waals surface area contributed by atoms with E-state index in [-0.39, 0.29) is 5.69 Å². The number of hydrogen-bond acceptors (Lipinski definition) is 6. The van der Waals surface area contributed by atoms with E-state index in [1.54, 1.807) is 25.1 Å². The standard InChI is InChI=1S/C15H11N3O6/c1-9-6-10(18(21)22)2-5-14(9)23-11-3-4-13-12(7-11)16-8-17(13)24-15(19)20/h2-8H,1H3,(H,19,20). The molecule has 0 spiro atoms. The van der Waals surface area contributed by atoms with Crippen molar-refractivity contribution in [2.75, 3.05) is 0 Å². The maximum absolute atomic E-state index is 10.7. The number of carboxylic acid groups (broad SMARTS) is 1. The third-order valence-electron chi connectivity index (χ3n) is 3.26. The minimum absolute atomic E-state index is 0.0140. The fraction of sp³-hybridized carbons (Fsp3) is 0.0667. The highest BCUT2D eigenvalue weighted by atomic mass is 16.8. The molecule has 0 aliphatic heterocycles. The van der Waals surface area contributed by atoms with Crippen molar-refractivity contribution in [2.45, 2.75) is 6.92 Å². The average molecular weight is 329 g/mol. The Bertz CT molecular complexity index is 950. The number of rotatable bonds is 4. The van der Waals surface area contributed by atoms with Crippen molar-refractivity contribution >= 4 is 22.9 Å². The Hall–Kier alpha value is -3.62. The zero-order valence-corrected chi connectivity index (χ0v) is 12.4. The van der Waals surface area contributed by atoms with E-state index in [2.05, 4.69) is 9.82 Å². The van der Waals surface area contributed by atoms with Crippen molar-refractivity contribution in [1.29, 1.82) is 0 Å². The number of hydrogen-bond donors (Lipinski definition) is 1. The van der Waals surface area contributed by atoms with Crippen molar-refractivity contribution in [3.8, 4) is 11.5 Å². The molecule has 0 amide bonds. The van der Waals surface area contributed by atoms with E-state index >= 15 is 0 Å². The lowest BCUT2D eigenvalue weighted by atomic mass is 10.2. The highest BCUT2D eigenvalue weighted by Crippen LogP contribution is 2.29. The summed E-state index contributed by atoms with van der Waals surface area (Å²) in [7, 11) is 0. The molecule has 9 heteroatoms. The molecular formula is C15H11N3O6. The molecule has 2 aromatic carbocycles. The summed E-state index contributed by atoms with van der Waals surface area (Å²) in [5, 5.41) is 19.4. The van der Waals surface area contributed by atoms with Crippen LogP contribution in [0, 0.1) is 17.0 Å². The number of fused-ring (bicyclic) bond motifs is 1. The molecule has 0 saturated carbocycles. The van der Waals surface area contributed by atoms with Crippen molar-refractivity contribution in [3.63, 3.8) is 0 Å². The van der Waals surface area contributed by atoms with E-state index in [1.807, 2.05) is 0 Å². The van der Waals surface area contributed by atoms with Crippen LogP contribution in [0.4, 0.5) is 10.5 Å². The minimum Gasteiger partial charge on any atom is -0.457 e. The second-order valence-corrected chi connectivity index (χ2v) is 4.89. The topological polar surface area (TPSA) is 117 Å². The monoisotopic (exact) mass is 329 g/mol. The van der Waals surface area contributed by atoms with Crippen LogP contribution < -0.4 is 9.57 Å². The lowest BCUT2D eigenvalue weighted by Crippen LogP contribution is -2.15. The number of nitro benzene ring substituents is 1. The van der Waals surface area contributed by atoms with Crippen LogP contribution in [0.15, 0.2) is 42.7 Å². The Kier molecular flexibility index (Phi) is 3.74. The second kappa shape index (κ2) is 5.88. The first-order valence-corrected chi connectivity index (χ1v) is 6.75. The Balaban J connectivity index is 1.88. The smallest absolute Gasteiger partial charge is 0.457 e. The van der Waals surface area contributed by atoms with Gasteiger partial charge in [0, 0.05) is 18.2 Å². The Labute approximate surface area is 134 Å². The minimum atomic E-state index is -1.45. The summed E-state index contributed by atoms with van der Waals surface area (Å²) in [5.41, 5.74) is 1.54. The van der Waals surface area contributed by atoms with E-state index in [0.717, 1.165) is 4.73 Å². The zero-order valence-electron chi connectivity index (χ0n) is 12.4. The molecule has 0 bridgehead atoms. The van der Waals surface area contributed by atoms with Crippen LogP contribution in [-0.4, -0.2) is 25.9 Å².